The molecule has 38 heavy (non-hydrogen) atoms. The van der Waals surface area contributed by atoms with Crippen molar-refractivity contribution in [3.63, 3.8) is 0 Å². The van der Waals surface area contributed by atoms with Crippen LogP contribution in [0.5, 0.6) is 0 Å². The van der Waals surface area contributed by atoms with Crippen LogP contribution in [0.4, 0.5) is 26.1 Å². The highest BCUT2D eigenvalue weighted by atomic mass is 19.1. The van der Waals surface area contributed by atoms with Crippen LogP contribution in [0, 0.1) is 18.6 Å². The SMILES string of the molecule is COCCN1CCN(c2ccc(Nc3ncc(F)c(-c4cc(F)c5nc(C)n(C(C)C)c5c4)n3)cc2)CC1. The quantitative estimate of drug-likeness (QED) is 0.343. The number of hydrogen-bond acceptors (Lipinski definition) is 7. The molecular weight excluding hydrogens is 488 g/mol. The lowest BCUT2D eigenvalue weighted by atomic mass is 10.1. The lowest BCUT2D eigenvalue weighted by Crippen LogP contribution is -2.47. The number of methoxy groups -OCH3 is 1. The number of fused-ring (bicyclic) bond motifs is 1. The van der Waals surface area contributed by atoms with Crippen LogP contribution in [0.3, 0.4) is 0 Å². The molecule has 0 atom stereocenters. The van der Waals surface area contributed by atoms with Gasteiger partial charge in [-0.3, -0.25) is 4.90 Å². The van der Waals surface area contributed by atoms with Gasteiger partial charge in [-0.25, -0.2) is 23.7 Å². The molecule has 200 valence electrons. The lowest BCUT2D eigenvalue weighted by molar-refractivity contribution is 0.144. The van der Waals surface area contributed by atoms with Gasteiger partial charge in [-0.1, -0.05) is 0 Å². The monoisotopic (exact) mass is 521 g/mol. The van der Waals surface area contributed by atoms with Gasteiger partial charge >= 0.3 is 0 Å². The summed E-state index contributed by atoms with van der Waals surface area (Å²) in [6, 6.07) is 11.1. The maximum atomic E-state index is 15.0. The molecule has 1 N–H and O–H groups in total. The number of aromatic nitrogens is 4. The van der Waals surface area contributed by atoms with E-state index in [9.17, 15) is 8.78 Å². The minimum atomic E-state index is -0.623. The van der Waals surface area contributed by atoms with Crippen molar-refractivity contribution in [1.29, 1.82) is 0 Å². The molecule has 1 aliphatic rings. The number of ether oxygens (including phenoxy) is 1. The number of anilines is 3. The number of nitrogens with zero attached hydrogens (tertiary/aromatic N) is 6. The standard InChI is InChI=1S/C28H33F2N7O/c1-18(2)37-19(3)32-27-23(29)15-20(16-25(27)37)26-24(30)17-31-28(34-26)33-21-5-7-22(8-6-21)36-11-9-35(10-12-36)13-14-38-4/h5-8,15-18H,9-14H2,1-4H3,(H,31,33,34). The minimum absolute atomic E-state index is 0.0282. The molecule has 4 aromatic rings. The molecule has 0 unspecified atom stereocenters. The van der Waals surface area contributed by atoms with Crippen LogP contribution in [0.15, 0.2) is 42.6 Å². The molecule has 0 amide bonds. The summed E-state index contributed by atoms with van der Waals surface area (Å²) in [5.41, 5.74) is 3.16. The van der Waals surface area contributed by atoms with Crippen LogP contribution in [0.25, 0.3) is 22.3 Å². The first kappa shape index (κ1) is 26.0. The molecular formula is C28H33F2N7O. The molecule has 1 aliphatic heterocycles. The topological polar surface area (TPSA) is 71.3 Å². The van der Waals surface area contributed by atoms with Gasteiger partial charge < -0.3 is 19.5 Å². The number of piperazine rings is 1. The molecule has 0 aliphatic carbocycles. The van der Waals surface area contributed by atoms with E-state index in [0.717, 1.165) is 56.9 Å². The van der Waals surface area contributed by atoms with E-state index in [-0.39, 0.29) is 23.2 Å². The Kier molecular flexibility index (Phi) is 7.53. The Balaban J connectivity index is 1.34. The van der Waals surface area contributed by atoms with Gasteiger partial charge in [0.1, 0.15) is 17.0 Å². The highest BCUT2D eigenvalue weighted by molar-refractivity contribution is 5.83. The van der Waals surface area contributed by atoms with Crippen molar-refractivity contribution in [2.75, 3.05) is 56.7 Å². The van der Waals surface area contributed by atoms with Crippen molar-refractivity contribution >= 4 is 28.4 Å². The van der Waals surface area contributed by atoms with Crippen LogP contribution in [-0.4, -0.2) is 70.9 Å². The van der Waals surface area contributed by atoms with Crippen LogP contribution in [-0.2, 0) is 4.74 Å². The summed E-state index contributed by atoms with van der Waals surface area (Å²) < 4.78 is 36.9. The predicted octanol–water partition coefficient (Wildman–Crippen LogP) is 5.17. The molecule has 2 aromatic heterocycles. The summed E-state index contributed by atoms with van der Waals surface area (Å²) in [6.07, 6.45) is 1.11. The van der Waals surface area contributed by atoms with Gasteiger partial charge in [-0.05, 0) is 57.2 Å². The summed E-state index contributed by atoms with van der Waals surface area (Å²) >= 11 is 0. The Bertz CT molecular complexity index is 1410. The van der Waals surface area contributed by atoms with E-state index in [0.29, 0.717) is 16.9 Å². The van der Waals surface area contributed by atoms with Gasteiger partial charge in [0.15, 0.2) is 11.6 Å². The second-order valence-electron chi connectivity index (χ2n) is 9.83. The molecule has 8 nitrogen and oxygen atoms in total. The Morgan fingerprint density at radius 1 is 1.00 bits per heavy atom. The van der Waals surface area contributed by atoms with Gasteiger partial charge in [0.2, 0.25) is 5.95 Å². The first-order chi connectivity index (χ1) is 18.3. The molecule has 10 heteroatoms. The molecule has 0 radical (unpaired) electrons. The Morgan fingerprint density at radius 2 is 1.74 bits per heavy atom. The van der Waals surface area contributed by atoms with Crippen molar-refractivity contribution in [2.45, 2.75) is 26.8 Å². The van der Waals surface area contributed by atoms with E-state index in [1.807, 2.05) is 37.5 Å². The predicted molar refractivity (Wildman–Crippen MR) is 146 cm³/mol. The molecule has 1 saturated heterocycles. The fourth-order valence-electron chi connectivity index (χ4n) is 5.02. The van der Waals surface area contributed by atoms with Crippen molar-refractivity contribution in [3.8, 4) is 11.3 Å². The number of hydrogen-bond donors (Lipinski definition) is 1. The molecule has 0 bridgehead atoms. The second kappa shape index (κ2) is 11.0. The maximum absolute atomic E-state index is 15.0. The summed E-state index contributed by atoms with van der Waals surface area (Å²) in [4.78, 5) is 17.6. The van der Waals surface area contributed by atoms with Crippen LogP contribution >= 0.6 is 0 Å². The third-order valence-electron chi connectivity index (χ3n) is 6.93. The van der Waals surface area contributed by atoms with E-state index in [2.05, 4.69) is 42.2 Å². The zero-order valence-electron chi connectivity index (χ0n) is 22.2. The van der Waals surface area contributed by atoms with Gasteiger partial charge in [-0.15, -0.1) is 0 Å². The fraction of sp³-hybridized carbons (Fsp3) is 0.393. The van der Waals surface area contributed by atoms with E-state index >= 15 is 0 Å². The van der Waals surface area contributed by atoms with Crippen molar-refractivity contribution in [3.05, 3.63) is 60.1 Å². The average molecular weight is 522 g/mol. The molecule has 0 saturated carbocycles. The third kappa shape index (κ3) is 5.32. The zero-order chi connectivity index (χ0) is 26.8. The van der Waals surface area contributed by atoms with Crippen molar-refractivity contribution in [2.24, 2.45) is 0 Å². The summed E-state index contributed by atoms with van der Waals surface area (Å²) in [5, 5.41) is 3.15. The van der Waals surface area contributed by atoms with Crippen LogP contribution in [0.1, 0.15) is 25.7 Å². The van der Waals surface area contributed by atoms with Crippen molar-refractivity contribution < 1.29 is 13.5 Å². The fourth-order valence-corrected chi connectivity index (χ4v) is 5.02. The molecule has 2 aromatic carbocycles. The number of nitrogens with one attached hydrogen (secondary N) is 1. The summed E-state index contributed by atoms with van der Waals surface area (Å²) in [5.74, 6) is -0.202. The van der Waals surface area contributed by atoms with E-state index < -0.39 is 11.6 Å². The van der Waals surface area contributed by atoms with Gasteiger partial charge in [0, 0.05) is 62.8 Å². The normalized spacial score (nSPS) is 14.6. The summed E-state index contributed by atoms with van der Waals surface area (Å²) in [7, 11) is 1.73. The number of imidazole rings is 1. The number of rotatable bonds is 8. The largest absolute Gasteiger partial charge is 0.383 e. The first-order valence-corrected chi connectivity index (χ1v) is 12.9. The lowest BCUT2D eigenvalue weighted by Gasteiger charge is -2.36. The number of halogens is 2. The van der Waals surface area contributed by atoms with Crippen molar-refractivity contribution in [1.82, 2.24) is 24.4 Å². The first-order valence-electron chi connectivity index (χ1n) is 12.9. The Labute approximate surface area is 221 Å². The molecule has 3 heterocycles. The average Bonchev–Trinajstić information content (AvgIpc) is 3.26. The maximum Gasteiger partial charge on any atom is 0.227 e. The highest BCUT2D eigenvalue weighted by Crippen LogP contribution is 2.30. The molecule has 5 rings (SSSR count). The van der Waals surface area contributed by atoms with Gasteiger partial charge in [0.05, 0.1) is 18.3 Å². The van der Waals surface area contributed by atoms with Crippen LogP contribution in [0.2, 0.25) is 0 Å². The third-order valence-corrected chi connectivity index (χ3v) is 6.93. The zero-order valence-corrected chi connectivity index (χ0v) is 22.2. The highest BCUT2D eigenvalue weighted by Gasteiger charge is 2.19. The summed E-state index contributed by atoms with van der Waals surface area (Å²) in [6.45, 7) is 11.4. The smallest absolute Gasteiger partial charge is 0.227 e. The van der Waals surface area contributed by atoms with Gasteiger partial charge in [-0.2, -0.15) is 0 Å². The molecule has 0 spiro atoms. The van der Waals surface area contributed by atoms with E-state index in [1.165, 1.54) is 6.07 Å². The van der Waals surface area contributed by atoms with E-state index in [1.54, 1.807) is 13.2 Å². The second-order valence-corrected chi connectivity index (χ2v) is 9.83. The van der Waals surface area contributed by atoms with Gasteiger partial charge in [0.25, 0.3) is 0 Å². The van der Waals surface area contributed by atoms with Crippen LogP contribution < -0.4 is 10.2 Å². The minimum Gasteiger partial charge on any atom is -0.383 e. The van der Waals surface area contributed by atoms with E-state index in [4.69, 9.17) is 4.74 Å². The Hall–Kier alpha value is -3.63. The molecule has 1 fully saturated rings. The number of benzene rings is 2. The Morgan fingerprint density at radius 3 is 2.42 bits per heavy atom. The number of aryl methyl sites for hydroxylation is 1.